The fourth-order valence-electron chi connectivity index (χ4n) is 2.93. The Labute approximate surface area is 170 Å². The predicted octanol–water partition coefficient (Wildman–Crippen LogP) is 5.21. The molecule has 3 aromatic heterocycles. The molecule has 1 aromatic carbocycles. The van der Waals surface area contributed by atoms with E-state index < -0.39 is 0 Å². The smallest absolute Gasteiger partial charge is 0.263 e. The number of fused-ring (bicyclic) bond motifs is 1. The molecule has 3 heterocycles. The van der Waals surface area contributed by atoms with Gasteiger partial charge in [0.05, 0.1) is 11.1 Å². The lowest BCUT2D eigenvalue weighted by Crippen LogP contribution is -2.22. The maximum atomic E-state index is 13.0. The van der Waals surface area contributed by atoms with Crippen LogP contribution in [-0.2, 0) is 12.3 Å². The van der Waals surface area contributed by atoms with Crippen molar-refractivity contribution in [1.29, 1.82) is 0 Å². The number of aryl methyl sites for hydroxylation is 2. The Bertz CT molecular complexity index is 1210. The molecule has 0 saturated carbocycles. The van der Waals surface area contributed by atoms with Crippen LogP contribution in [0.3, 0.4) is 0 Å². The van der Waals surface area contributed by atoms with E-state index in [9.17, 15) is 4.79 Å². The molecule has 0 unspecified atom stereocenters. The molecular formula is C21H19N3O2S2. The van der Waals surface area contributed by atoms with E-state index in [2.05, 4.69) is 11.6 Å². The zero-order valence-electron chi connectivity index (χ0n) is 15.6. The Balaban J connectivity index is 1.64. The summed E-state index contributed by atoms with van der Waals surface area (Å²) in [7, 11) is 0. The molecular weight excluding hydrogens is 390 g/mol. The Morgan fingerprint density at radius 1 is 1.25 bits per heavy atom. The predicted molar refractivity (Wildman–Crippen MR) is 115 cm³/mol. The molecule has 0 bridgehead atoms. The van der Waals surface area contributed by atoms with Crippen molar-refractivity contribution in [2.24, 2.45) is 0 Å². The Morgan fingerprint density at radius 3 is 2.79 bits per heavy atom. The molecule has 0 amide bonds. The number of hydrogen-bond donors (Lipinski definition) is 0. The van der Waals surface area contributed by atoms with Crippen LogP contribution in [0.25, 0.3) is 21.7 Å². The van der Waals surface area contributed by atoms with Gasteiger partial charge in [-0.15, -0.1) is 17.9 Å². The van der Waals surface area contributed by atoms with Crippen molar-refractivity contribution in [3.8, 4) is 11.5 Å². The number of benzene rings is 1. The maximum Gasteiger partial charge on any atom is 0.263 e. The van der Waals surface area contributed by atoms with E-state index >= 15 is 0 Å². The topological polar surface area (TPSA) is 60.9 Å². The highest BCUT2D eigenvalue weighted by molar-refractivity contribution is 7.98. The standard InChI is InChI=1S/C21H19N3O2S2/c1-4-10-24-20(25)17-13(2)14(3)28-19(17)23-21(24)27-12-16-11-26-18(22-16)15-8-6-5-7-9-15/h4-9,11H,1,10,12H2,2-3H3. The van der Waals surface area contributed by atoms with Gasteiger partial charge in [0.15, 0.2) is 5.16 Å². The largest absolute Gasteiger partial charge is 0.444 e. The number of aromatic nitrogens is 3. The van der Waals surface area contributed by atoms with E-state index in [-0.39, 0.29) is 5.56 Å². The molecule has 0 spiro atoms. The van der Waals surface area contributed by atoms with Crippen LogP contribution in [0, 0.1) is 13.8 Å². The second kappa shape index (κ2) is 7.77. The molecule has 0 saturated heterocycles. The van der Waals surface area contributed by atoms with Crippen LogP contribution in [-0.4, -0.2) is 14.5 Å². The molecule has 0 atom stereocenters. The molecule has 4 rings (SSSR count). The molecule has 7 heteroatoms. The van der Waals surface area contributed by atoms with Crippen molar-refractivity contribution in [3.63, 3.8) is 0 Å². The van der Waals surface area contributed by atoms with Crippen molar-refractivity contribution in [2.75, 3.05) is 0 Å². The van der Waals surface area contributed by atoms with E-state index in [4.69, 9.17) is 9.40 Å². The van der Waals surface area contributed by atoms with Gasteiger partial charge in [0.25, 0.3) is 5.56 Å². The highest BCUT2D eigenvalue weighted by atomic mass is 32.2. The highest BCUT2D eigenvalue weighted by Gasteiger charge is 2.17. The third-order valence-electron chi connectivity index (χ3n) is 4.49. The summed E-state index contributed by atoms with van der Waals surface area (Å²) in [5, 5.41) is 1.38. The third kappa shape index (κ3) is 3.43. The first-order valence-electron chi connectivity index (χ1n) is 8.82. The molecule has 28 heavy (non-hydrogen) atoms. The van der Waals surface area contributed by atoms with Gasteiger partial charge in [-0.25, -0.2) is 9.97 Å². The second-order valence-corrected chi connectivity index (χ2v) is 8.51. The Morgan fingerprint density at radius 2 is 2.04 bits per heavy atom. The normalized spacial score (nSPS) is 11.2. The fraction of sp³-hybridized carbons (Fsp3) is 0.190. The quantitative estimate of drug-likeness (QED) is 0.249. The van der Waals surface area contributed by atoms with Crippen molar-refractivity contribution in [1.82, 2.24) is 14.5 Å². The summed E-state index contributed by atoms with van der Waals surface area (Å²) in [5.74, 6) is 1.15. The van der Waals surface area contributed by atoms with E-state index in [1.54, 1.807) is 28.2 Å². The number of rotatable bonds is 6. The van der Waals surface area contributed by atoms with Crippen LogP contribution in [0.4, 0.5) is 0 Å². The van der Waals surface area contributed by atoms with Crippen LogP contribution in [0.5, 0.6) is 0 Å². The van der Waals surface area contributed by atoms with Gasteiger partial charge in [-0.05, 0) is 31.5 Å². The van der Waals surface area contributed by atoms with Gasteiger partial charge in [0.1, 0.15) is 11.1 Å². The first kappa shape index (κ1) is 18.7. The second-order valence-electron chi connectivity index (χ2n) is 6.36. The Kier molecular flexibility index (Phi) is 5.19. The zero-order chi connectivity index (χ0) is 19.7. The number of allylic oxidation sites excluding steroid dienone is 1. The Hall–Kier alpha value is -2.64. The lowest BCUT2D eigenvalue weighted by molar-refractivity contribution is 0.573. The van der Waals surface area contributed by atoms with E-state index in [0.29, 0.717) is 28.7 Å². The first-order valence-corrected chi connectivity index (χ1v) is 10.6. The molecule has 0 aliphatic carbocycles. The van der Waals surface area contributed by atoms with Crippen LogP contribution in [0.2, 0.25) is 0 Å². The van der Waals surface area contributed by atoms with Gasteiger partial charge < -0.3 is 4.42 Å². The lowest BCUT2D eigenvalue weighted by Gasteiger charge is -2.09. The first-order chi connectivity index (χ1) is 13.6. The SMILES string of the molecule is C=CCn1c(SCc2coc(-c3ccccc3)n2)nc2sc(C)c(C)c2c1=O. The van der Waals surface area contributed by atoms with E-state index in [0.717, 1.165) is 26.5 Å². The minimum atomic E-state index is -0.0145. The van der Waals surface area contributed by atoms with E-state index in [1.807, 2.05) is 44.2 Å². The summed E-state index contributed by atoms with van der Waals surface area (Å²) in [6, 6.07) is 9.78. The van der Waals surface area contributed by atoms with Crippen LogP contribution in [0.1, 0.15) is 16.1 Å². The van der Waals surface area contributed by atoms with Gasteiger partial charge in [-0.3, -0.25) is 9.36 Å². The van der Waals surface area contributed by atoms with Gasteiger partial charge in [0.2, 0.25) is 5.89 Å². The minimum Gasteiger partial charge on any atom is -0.444 e. The molecule has 0 radical (unpaired) electrons. The summed E-state index contributed by atoms with van der Waals surface area (Å²) in [4.78, 5) is 24.2. The van der Waals surface area contributed by atoms with Crippen LogP contribution in [0.15, 0.2) is 63.6 Å². The average molecular weight is 410 g/mol. The third-order valence-corrected chi connectivity index (χ3v) is 6.60. The van der Waals surface area contributed by atoms with Crippen LogP contribution < -0.4 is 5.56 Å². The van der Waals surface area contributed by atoms with Crippen molar-refractivity contribution >= 4 is 33.3 Å². The molecule has 0 N–H and O–H groups in total. The summed E-state index contributed by atoms with van der Waals surface area (Å²) >= 11 is 3.04. The van der Waals surface area contributed by atoms with Gasteiger partial charge in [-0.2, -0.15) is 0 Å². The van der Waals surface area contributed by atoms with Crippen molar-refractivity contribution in [3.05, 3.63) is 75.7 Å². The maximum absolute atomic E-state index is 13.0. The zero-order valence-corrected chi connectivity index (χ0v) is 17.3. The molecule has 0 aliphatic heterocycles. The summed E-state index contributed by atoms with van der Waals surface area (Å²) in [6.45, 7) is 8.20. The molecule has 142 valence electrons. The minimum absolute atomic E-state index is 0.0145. The summed E-state index contributed by atoms with van der Waals surface area (Å²) in [6.07, 6.45) is 3.38. The fourth-order valence-corrected chi connectivity index (χ4v) is 4.89. The van der Waals surface area contributed by atoms with E-state index in [1.165, 1.54) is 11.8 Å². The monoisotopic (exact) mass is 409 g/mol. The van der Waals surface area contributed by atoms with Crippen LogP contribution >= 0.6 is 23.1 Å². The number of oxazole rings is 1. The number of hydrogen-bond acceptors (Lipinski definition) is 6. The van der Waals surface area contributed by atoms with Gasteiger partial charge in [-0.1, -0.05) is 36.0 Å². The molecule has 0 aliphatic rings. The summed E-state index contributed by atoms with van der Waals surface area (Å²) in [5.41, 5.74) is 2.74. The number of nitrogens with zero attached hydrogens (tertiary/aromatic N) is 3. The molecule has 5 nitrogen and oxygen atoms in total. The highest BCUT2D eigenvalue weighted by Crippen LogP contribution is 2.29. The average Bonchev–Trinajstić information content (AvgIpc) is 3.28. The number of thioether (sulfide) groups is 1. The molecule has 0 fully saturated rings. The lowest BCUT2D eigenvalue weighted by atomic mass is 10.2. The summed E-state index contributed by atoms with van der Waals surface area (Å²) < 4.78 is 7.28. The molecule has 4 aromatic rings. The van der Waals surface area contributed by atoms with Crippen molar-refractivity contribution < 1.29 is 4.42 Å². The number of thiophene rings is 1. The van der Waals surface area contributed by atoms with Gasteiger partial charge in [0, 0.05) is 22.7 Å². The van der Waals surface area contributed by atoms with Crippen molar-refractivity contribution in [2.45, 2.75) is 31.3 Å². The van der Waals surface area contributed by atoms with Gasteiger partial charge >= 0.3 is 0 Å².